The molecule has 1 heterocycles. The van der Waals surface area contributed by atoms with Crippen LogP contribution in [0.4, 0.5) is 18.9 Å². The lowest BCUT2D eigenvalue weighted by molar-refractivity contribution is -0.274. The van der Waals surface area contributed by atoms with Crippen molar-refractivity contribution < 1.29 is 27.8 Å². The molecule has 1 fully saturated rings. The van der Waals surface area contributed by atoms with Gasteiger partial charge in [0.25, 0.3) is 5.91 Å². The first-order valence-electron chi connectivity index (χ1n) is 9.84. The maximum absolute atomic E-state index is 12.8. The van der Waals surface area contributed by atoms with Crippen LogP contribution in [-0.4, -0.2) is 54.2 Å². The first-order valence-corrected chi connectivity index (χ1v) is 9.84. The predicted octanol–water partition coefficient (Wildman–Crippen LogP) is 3.82. The average molecular weight is 435 g/mol. The van der Waals surface area contributed by atoms with E-state index in [9.17, 15) is 23.1 Å². The summed E-state index contributed by atoms with van der Waals surface area (Å²) in [7, 11) is 1.63. The number of halogens is 3. The summed E-state index contributed by atoms with van der Waals surface area (Å²) in [5.41, 5.74) is 3.21. The molecule has 1 aliphatic heterocycles. The average Bonchev–Trinajstić information content (AvgIpc) is 2.73. The van der Waals surface area contributed by atoms with Crippen molar-refractivity contribution in [3.8, 4) is 5.75 Å². The number of ether oxygens (including phenoxy) is 1. The van der Waals surface area contributed by atoms with Gasteiger partial charge in [0, 0.05) is 42.7 Å². The number of hydrogen-bond donors (Lipinski definition) is 2. The minimum atomic E-state index is -4.73. The molecule has 0 bridgehead atoms. The minimum Gasteiger partial charge on any atom is -0.406 e. The summed E-state index contributed by atoms with van der Waals surface area (Å²) in [6.45, 7) is 2.85. The van der Waals surface area contributed by atoms with E-state index in [0.29, 0.717) is 42.9 Å². The van der Waals surface area contributed by atoms with Crippen LogP contribution in [0.5, 0.6) is 5.75 Å². The number of rotatable bonds is 4. The van der Waals surface area contributed by atoms with E-state index in [0.717, 1.165) is 11.3 Å². The number of nitrogens with one attached hydrogen (secondary N) is 1. The number of anilines is 1. The normalized spacial score (nSPS) is 20.5. The molecule has 1 aliphatic carbocycles. The van der Waals surface area contributed by atoms with Crippen molar-refractivity contribution in [3.05, 3.63) is 59.3 Å². The number of alkyl halides is 3. The maximum Gasteiger partial charge on any atom is 0.573 e. The molecule has 0 spiro atoms. The largest absolute Gasteiger partial charge is 0.573 e. The molecule has 9 heteroatoms. The number of aliphatic hydroxyl groups excluding tert-OH is 1. The highest BCUT2D eigenvalue weighted by molar-refractivity contribution is 6.17. The van der Waals surface area contributed by atoms with E-state index < -0.39 is 6.36 Å². The molecule has 6 nitrogen and oxygen atoms in total. The van der Waals surface area contributed by atoms with Gasteiger partial charge in [-0.3, -0.25) is 9.79 Å². The molecule has 0 aromatic heterocycles. The van der Waals surface area contributed by atoms with E-state index in [1.54, 1.807) is 30.2 Å². The van der Waals surface area contributed by atoms with Crippen LogP contribution >= 0.6 is 0 Å². The highest BCUT2D eigenvalue weighted by Gasteiger charge is 2.31. The molecule has 0 unspecified atom stereocenters. The lowest BCUT2D eigenvalue weighted by Crippen LogP contribution is -2.40. The zero-order valence-electron chi connectivity index (χ0n) is 17.2. The van der Waals surface area contributed by atoms with Gasteiger partial charge in [0.05, 0.1) is 11.8 Å². The first kappa shape index (κ1) is 22.6. The number of amides is 1. The highest BCUT2D eigenvalue weighted by atomic mass is 19.4. The Morgan fingerprint density at radius 3 is 2.42 bits per heavy atom. The maximum atomic E-state index is 12.8. The molecule has 1 amide bonds. The number of carbonyl (C=O) groups excluding carboxylic acids is 1. The number of allylic oxidation sites excluding steroid dienone is 4. The van der Waals surface area contributed by atoms with Crippen LogP contribution in [-0.2, 0) is 4.79 Å². The fourth-order valence-electron chi connectivity index (χ4n) is 3.44. The van der Waals surface area contributed by atoms with Gasteiger partial charge in [-0.1, -0.05) is 6.08 Å². The van der Waals surface area contributed by atoms with E-state index in [4.69, 9.17) is 0 Å². The quantitative estimate of drug-likeness (QED) is 0.754. The molecule has 0 atom stereocenters. The smallest absolute Gasteiger partial charge is 0.406 e. The summed E-state index contributed by atoms with van der Waals surface area (Å²) in [6, 6.07) is 5.42. The Labute approximate surface area is 178 Å². The van der Waals surface area contributed by atoms with Gasteiger partial charge in [0.2, 0.25) is 0 Å². The topological polar surface area (TPSA) is 74.2 Å². The van der Waals surface area contributed by atoms with Gasteiger partial charge >= 0.3 is 6.36 Å². The zero-order valence-corrected chi connectivity index (χ0v) is 17.2. The molecule has 1 aromatic carbocycles. The van der Waals surface area contributed by atoms with Crippen LogP contribution in [0.3, 0.4) is 0 Å². The number of benzene rings is 1. The van der Waals surface area contributed by atoms with Crippen molar-refractivity contribution in [2.75, 3.05) is 25.5 Å². The monoisotopic (exact) mass is 435 g/mol. The zero-order chi connectivity index (χ0) is 22.6. The number of nitrogens with zero attached hydrogens (tertiary/aromatic N) is 2. The molecule has 0 saturated carbocycles. The molecule has 2 aliphatic rings. The number of aliphatic imine (C=N–C) groups is 1. The third-order valence-corrected chi connectivity index (χ3v) is 5.06. The number of piperidine rings is 1. The third kappa shape index (κ3) is 5.97. The Hall–Kier alpha value is -3.07. The molecule has 0 radical (unpaired) electrons. The van der Waals surface area contributed by atoms with Gasteiger partial charge in [-0.2, -0.15) is 0 Å². The number of carbonyl (C=O) groups is 1. The van der Waals surface area contributed by atoms with Crippen LogP contribution in [0.25, 0.3) is 0 Å². The molecule has 166 valence electrons. The lowest BCUT2D eigenvalue weighted by Gasteiger charge is -2.30. The van der Waals surface area contributed by atoms with Crippen LogP contribution in [0.1, 0.15) is 19.8 Å². The fraction of sp³-hybridized carbons (Fsp3) is 0.364. The molecule has 1 saturated heterocycles. The Morgan fingerprint density at radius 1 is 1.19 bits per heavy atom. The molecular weight excluding hydrogens is 411 g/mol. The fourth-order valence-corrected chi connectivity index (χ4v) is 3.44. The molecule has 1 aromatic rings. The SMILES string of the molecule is C/N=C1/C=C(C(=O)N2CCC(O)CC2)C=C/C1=C(/C)Nc1ccc(OC(F)(F)F)cc1. The van der Waals surface area contributed by atoms with Crippen LogP contribution in [0, 0.1) is 0 Å². The third-order valence-electron chi connectivity index (χ3n) is 5.06. The van der Waals surface area contributed by atoms with E-state index >= 15 is 0 Å². The Kier molecular flexibility index (Phi) is 6.84. The van der Waals surface area contributed by atoms with Gasteiger partial charge < -0.3 is 20.1 Å². The Morgan fingerprint density at radius 2 is 1.84 bits per heavy atom. The Bertz CT molecular complexity index is 939. The van der Waals surface area contributed by atoms with Gasteiger partial charge in [-0.25, -0.2) is 0 Å². The van der Waals surface area contributed by atoms with Crippen LogP contribution in [0.15, 0.2) is 64.3 Å². The van der Waals surface area contributed by atoms with Crippen LogP contribution in [0.2, 0.25) is 0 Å². The van der Waals surface area contributed by atoms with Gasteiger partial charge in [0.15, 0.2) is 0 Å². The number of hydrogen-bond acceptors (Lipinski definition) is 5. The van der Waals surface area contributed by atoms with Gasteiger partial charge in [-0.15, -0.1) is 13.2 Å². The number of likely N-dealkylation sites (tertiary alicyclic amines) is 1. The summed E-state index contributed by atoms with van der Waals surface area (Å²) in [4.78, 5) is 18.8. The standard InChI is InChI=1S/C22H24F3N3O3/c1-14(27-16-4-6-18(7-5-16)31-22(23,24)25)19-8-3-15(13-20(19)26-2)21(30)28-11-9-17(29)10-12-28/h3-8,13,17,27,29H,9-12H2,1-2H3/b19-14+,26-20-. The molecule has 2 N–H and O–H groups in total. The second-order valence-corrected chi connectivity index (χ2v) is 7.30. The van der Waals surface area contributed by atoms with Gasteiger partial charge in [0.1, 0.15) is 5.75 Å². The van der Waals surface area contributed by atoms with E-state index in [-0.39, 0.29) is 17.8 Å². The van der Waals surface area contributed by atoms with Crippen molar-refractivity contribution in [2.24, 2.45) is 4.99 Å². The lowest BCUT2D eigenvalue weighted by atomic mass is 9.97. The van der Waals surface area contributed by atoms with E-state index in [2.05, 4.69) is 15.0 Å². The number of aliphatic hydroxyl groups is 1. The van der Waals surface area contributed by atoms with Gasteiger partial charge in [-0.05, 0) is 56.2 Å². The minimum absolute atomic E-state index is 0.103. The van der Waals surface area contributed by atoms with Crippen LogP contribution < -0.4 is 10.1 Å². The molecular formula is C22H24F3N3O3. The summed E-state index contributed by atoms with van der Waals surface area (Å²) in [5, 5.41) is 12.8. The summed E-state index contributed by atoms with van der Waals surface area (Å²) in [5.74, 6) is -0.401. The van der Waals surface area contributed by atoms with Crippen molar-refractivity contribution in [1.29, 1.82) is 0 Å². The van der Waals surface area contributed by atoms with E-state index in [1.165, 1.54) is 24.3 Å². The van der Waals surface area contributed by atoms with Crippen molar-refractivity contribution in [2.45, 2.75) is 32.2 Å². The predicted molar refractivity (Wildman–Crippen MR) is 112 cm³/mol. The summed E-state index contributed by atoms with van der Waals surface area (Å²) >= 11 is 0. The summed E-state index contributed by atoms with van der Waals surface area (Å²) in [6.07, 6.45) is 1.28. The van der Waals surface area contributed by atoms with Crippen molar-refractivity contribution in [3.63, 3.8) is 0 Å². The first-order chi connectivity index (χ1) is 14.7. The van der Waals surface area contributed by atoms with Crippen molar-refractivity contribution in [1.82, 2.24) is 4.90 Å². The second kappa shape index (κ2) is 9.38. The Balaban J connectivity index is 1.71. The highest BCUT2D eigenvalue weighted by Crippen LogP contribution is 2.26. The second-order valence-electron chi connectivity index (χ2n) is 7.30. The van der Waals surface area contributed by atoms with E-state index in [1.807, 2.05) is 6.92 Å². The molecule has 31 heavy (non-hydrogen) atoms. The van der Waals surface area contributed by atoms with Crippen molar-refractivity contribution >= 4 is 17.3 Å². The summed E-state index contributed by atoms with van der Waals surface area (Å²) < 4.78 is 40.7. The molecule has 3 rings (SSSR count).